The molecular weight excluding hydrogens is 271 g/mol. The molecule has 1 atom stereocenters. The zero-order chi connectivity index (χ0) is 15.6. The van der Waals surface area contributed by atoms with Crippen LogP contribution in [-0.2, 0) is 9.59 Å². The summed E-state index contributed by atoms with van der Waals surface area (Å²) >= 11 is 0. The predicted octanol–water partition coefficient (Wildman–Crippen LogP) is 2.72. The molecule has 0 saturated carbocycles. The lowest BCUT2D eigenvalue weighted by molar-refractivity contribution is -0.139. The first-order valence-corrected chi connectivity index (χ1v) is 7.27. The van der Waals surface area contributed by atoms with Crippen molar-refractivity contribution in [2.24, 2.45) is 5.92 Å². The molecule has 1 N–H and O–H groups in total. The van der Waals surface area contributed by atoms with Crippen LogP contribution in [0.2, 0.25) is 0 Å². The third-order valence-electron chi connectivity index (χ3n) is 3.79. The molecule has 1 aliphatic heterocycles. The molecule has 1 aliphatic rings. The molecule has 0 spiro atoms. The van der Waals surface area contributed by atoms with Crippen molar-refractivity contribution in [3.8, 4) is 0 Å². The Bertz CT molecular complexity index is 557. The van der Waals surface area contributed by atoms with Gasteiger partial charge in [0.05, 0.1) is 0 Å². The highest BCUT2D eigenvalue weighted by Gasteiger charge is 2.35. The highest BCUT2D eigenvalue weighted by molar-refractivity contribution is 5.98. The Hall–Kier alpha value is -1.91. The highest BCUT2D eigenvalue weighted by Crippen LogP contribution is 2.23. The Morgan fingerprint density at radius 2 is 2.10 bits per heavy atom. The summed E-state index contributed by atoms with van der Waals surface area (Å²) in [4.78, 5) is 26.1. The van der Waals surface area contributed by atoms with Crippen molar-refractivity contribution >= 4 is 17.5 Å². The monoisotopic (exact) mass is 292 g/mol. The molecule has 1 saturated heterocycles. The Kier molecular flexibility index (Phi) is 4.60. The molecule has 21 heavy (non-hydrogen) atoms. The Morgan fingerprint density at radius 1 is 1.38 bits per heavy atom. The summed E-state index contributed by atoms with van der Waals surface area (Å²) in [7, 11) is 0. The van der Waals surface area contributed by atoms with Crippen LogP contribution in [0.15, 0.2) is 18.2 Å². The number of nitrogens with one attached hydrogen (secondary N) is 1. The summed E-state index contributed by atoms with van der Waals surface area (Å²) in [5.74, 6) is -0.773. The summed E-state index contributed by atoms with van der Waals surface area (Å²) in [6, 6.07) is 3.82. The quantitative estimate of drug-likeness (QED) is 0.931. The number of anilines is 1. The smallest absolute Gasteiger partial charge is 0.247 e. The molecule has 2 amide bonds. The number of aryl methyl sites for hydroxylation is 1. The van der Waals surface area contributed by atoms with Crippen molar-refractivity contribution in [3.63, 3.8) is 0 Å². The van der Waals surface area contributed by atoms with Crippen molar-refractivity contribution < 1.29 is 14.0 Å². The van der Waals surface area contributed by atoms with Gasteiger partial charge in [-0.2, -0.15) is 0 Å². The topological polar surface area (TPSA) is 49.4 Å². The minimum absolute atomic E-state index is 0.0105. The van der Waals surface area contributed by atoms with E-state index in [0.29, 0.717) is 18.7 Å². The zero-order valence-electron chi connectivity index (χ0n) is 12.6. The maximum atomic E-state index is 13.3. The molecule has 0 aliphatic carbocycles. The Balaban J connectivity index is 2.12. The number of amides is 2. The lowest BCUT2D eigenvalue weighted by atomic mass is 10.1. The predicted molar refractivity (Wildman–Crippen MR) is 79.3 cm³/mol. The van der Waals surface area contributed by atoms with E-state index in [2.05, 4.69) is 5.32 Å². The van der Waals surface area contributed by atoms with Gasteiger partial charge in [0.2, 0.25) is 11.8 Å². The molecule has 114 valence electrons. The van der Waals surface area contributed by atoms with E-state index < -0.39 is 11.9 Å². The second kappa shape index (κ2) is 6.24. The van der Waals surface area contributed by atoms with E-state index in [1.165, 1.54) is 12.1 Å². The van der Waals surface area contributed by atoms with E-state index in [1.54, 1.807) is 17.9 Å². The van der Waals surface area contributed by atoms with Gasteiger partial charge in [-0.15, -0.1) is 0 Å². The first-order valence-electron chi connectivity index (χ1n) is 7.27. The van der Waals surface area contributed by atoms with Crippen LogP contribution in [-0.4, -0.2) is 29.3 Å². The Morgan fingerprint density at radius 3 is 2.76 bits per heavy atom. The van der Waals surface area contributed by atoms with Gasteiger partial charge in [0.25, 0.3) is 0 Å². The van der Waals surface area contributed by atoms with Crippen LogP contribution < -0.4 is 5.32 Å². The number of carbonyl (C=O) groups is 2. The van der Waals surface area contributed by atoms with E-state index in [4.69, 9.17) is 0 Å². The number of likely N-dealkylation sites (tertiary alicyclic amines) is 1. The SMILES string of the molecule is Cc1ccc(F)cc1NC(=O)[C@@H]1CCCN1C(=O)C(C)C. The van der Waals surface area contributed by atoms with Gasteiger partial charge in [0.1, 0.15) is 11.9 Å². The molecule has 0 aromatic heterocycles. The molecule has 1 fully saturated rings. The van der Waals surface area contributed by atoms with Gasteiger partial charge >= 0.3 is 0 Å². The average Bonchev–Trinajstić information content (AvgIpc) is 2.91. The minimum Gasteiger partial charge on any atom is -0.330 e. The van der Waals surface area contributed by atoms with E-state index >= 15 is 0 Å². The van der Waals surface area contributed by atoms with Gasteiger partial charge in [-0.05, 0) is 37.5 Å². The molecule has 0 unspecified atom stereocenters. The number of hydrogen-bond donors (Lipinski definition) is 1. The van der Waals surface area contributed by atoms with Crippen molar-refractivity contribution in [1.29, 1.82) is 0 Å². The second-order valence-corrected chi connectivity index (χ2v) is 5.79. The van der Waals surface area contributed by atoms with Crippen LogP contribution in [0, 0.1) is 18.7 Å². The first kappa shape index (κ1) is 15.5. The van der Waals surface area contributed by atoms with E-state index in [1.807, 2.05) is 13.8 Å². The van der Waals surface area contributed by atoms with Gasteiger partial charge in [0, 0.05) is 18.2 Å². The number of hydrogen-bond acceptors (Lipinski definition) is 2. The zero-order valence-corrected chi connectivity index (χ0v) is 12.6. The largest absolute Gasteiger partial charge is 0.330 e. The van der Waals surface area contributed by atoms with Crippen LogP contribution in [0.25, 0.3) is 0 Å². The summed E-state index contributed by atoms with van der Waals surface area (Å²) in [6.45, 7) is 6.07. The second-order valence-electron chi connectivity index (χ2n) is 5.79. The first-order chi connectivity index (χ1) is 9.90. The highest BCUT2D eigenvalue weighted by atomic mass is 19.1. The molecule has 4 nitrogen and oxygen atoms in total. The van der Waals surface area contributed by atoms with Gasteiger partial charge in [-0.25, -0.2) is 4.39 Å². The molecule has 1 aromatic rings. The van der Waals surface area contributed by atoms with Gasteiger partial charge in [0.15, 0.2) is 0 Å². The number of halogens is 1. The van der Waals surface area contributed by atoms with Crippen LogP contribution in [0.4, 0.5) is 10.1 Å². The number of benzene rings is 1. The molecule has 5 heteroatoms. The average molecular weight is 292 g/mol. The fourth-order valence-corrected chi connectivity index (χ4v) is 2.58. The number of nitrogens with zero attached hydrogens (tertiary/aromatic N) is 1. The van der Waals surface area contributed by atoms with E-state index in [0.717, 1.165) is 12.0 Å². The fraction of sp³-hybridized carbons (Fsp3) is 0.500. The fourth-order valence-electron chi connectivity index (χ4n) is 2.58. The summed E-state index contributed by atoms with van der Waals surface area (Å²) in [5.41, 5.74) is 1.26. The summed E-state index contributed by atoms with van der Waals surface area (Å²) in [6.07, 6.45) is 1.47. The maximum absolute atomic E-state index is 13.3. The van der Waals surface area contributed by atoms with Crippen LogP contribution in [0.1, 0.15) is 32.3 Å². The van der Waals surface area contributed by atoms with Crippen LogP contribution in [0.3, 0.4) is 0 Å². The van der Waals surface area contributed by atoms with E-state index in [9.17, 15) is 14.0 Å². The molecule has 2 rings (SSSR count). The molecule has 0 bridgehead atoms. The molecular formula is C16H21FN2O2. The van der Waals surface area contributed by atoms with Crippen molar-refractivity contribution in [2.75, 3.05) is 11.9 Å². The van der Waals surface area contributed by atoms with Crippen molar-refractivity contribution in [2.45, 2.75) is 39.7 Å². The molecule has 0 radical (unpaired) electrons. The third kappa shape index (κ3) is 3.40. The third-order valence-corrected chi connectivity index (χ3v) is 3.79. The summed E-state index contributed by atoms with van der Waals surface area (Å²) < 4.78 is 13.3. The maximum Gasteiger partial charge on any atom is 0.247 e. The molecule has 1 aromatic carbocycles. The standard InChI is InChI=1S/C16H21FN2O2/c1-10(2)16(21)19-8-4-5-14(19)15(20)18-13-9-12(17)7-6-11(13)3/h6-7,9-10,14H,4-5,8H2,1-3H3,(H,18,20)/t14-/m0/s1. The van der Waals surface area contributed by atoms with Gasteiger partial charge < -0.3 is 10.2 Å². The number of carbonyl (C=O) groups excluding carboxylic acids is 2. The normalized spacial score (nSPS) is 18.1. The minimum atomic E-state index is -0.456. The Labute approximate surface area is 124 Å². The van der Waals surface area contributed by atoms with E-state index in [-0.39, 0.29) is 17.7 Å². The summed E-state index contributed by atoms with van der Waals surface area (Å²) in [5, 5.41) is 2.74. The number of rotatable bonds is 3. The lowest BCUT2D eigenvalue weighted by Gasteiger charge is -2.25. The van der Waals surface area contributed by atoms with Crippen LogP contribution in [0.5, 0.6) is 0 Å². The lowest BCUT2D eigenvalue weighted by Crippen LogP contribution is -2.44. The van der Waals surface area contributed by atoms with Crippen LogP contribution >= 0.6 is 0 Å². The van der Waals surface area contributed by atoms with Crippen molar-refractivity contribution in [1.82, 2.24) is 4.90 Å². The van der Waals surface area contributed by atoms with Gasteiger partial charge in [-0.3, -0.25) is 9.59 Å². The van der Waals surface area contributed by atoms with Crippen molar-refractivity contribution in [3.05, 3.63) is 29.6 Å². The molecule has 1 heterocycles. The van der Waals surface area contributed by atoms with Gasteiger partial charge in [-0.1, -0.05) is 19.9 Å².